The molecule has 0 aliphatic rings. The summed E-state index contributed by atoms with van der Waals surface area (Å²) in [6.45, 7) is 0.268. The first-order chi connectivity index (χ1) is 16.1. The van der Waals surface area contributed by atoms with Gasteiger partial charge in [0.15, 0.2) is 0 Å². The van der Waals surface area contributed by atoms with Gasteiger partial charge in [0, 0.05) is 16.3 Å². The van der Waals surface area contributed by atoms with Gasteiger partial charge >= 0.3 is 6.18 Å². The second kappa shape index (κ2) is 11.4. The van der Waals surface area contributed by atoms with E-state index in [1.807, 2.05) is 18.2 Å². The average Bonchev–Trinajstić information content (AvgIpc) is 2.77. The number of halogens is 6. The summed E-state index contributed by atoms with van der Waals surface area (Å²) in [7, 11) is 0. The number of anilines is 1. The lowest BCUT2D eigenvalue weighted by molar-refractivity contribution is -0.137. The summed E-state index contributed by atoms with van der Waals surface area (Å²) in [6, 6.07) is 16.8. The summed E-state index contributed by atoms with van der Waals surface area (Å²) < 4.78 is 46.1. The van der Waals surface area contributed by atoms with E-state index in [4.69, 9.17) is 16.3 Å². The molecule has 0 spiro atoms. The molecule has 3 rings (SSSR count). The third-order valence-corrected chi connectivity index (χ3v) is 6.45. The topological polar surface area (TPSA) is 62.1 Å². The molecule has 1 amide bonds. The fourth-order valence-electron chi connectivity index (χ4n) is 2.85. The number of carbonyl (C=O) groups excluding carboxylic acids is 1. The normalized spacial score (nSPS) is 11.6. The molecule has 34 heavy (non-hydrogen) atoms. The standard InChI is InChI=1S/C24H14ClF3I2N2O2/c25-19-7-2-1-4-15(19)13-34-22-20(29)9-14(10-21(22)30)8-16(12-31)23(33)32-18-6-3-5-17(11-18)24(26,27)28/h1-11H,13H2,(H,32,33)/b16-8-. The minimum atomic E-state index is -4.54. The van der Waals surface area contributed by atoms with E-state index in [2.05, 4.69) is 50.5 Å². The van der Waals surface area contributed by atoms with E-state index in [-0.39, 0.29) is 17.9 Å². The average molecular weight is 709 g/mol. The molecular weight excluding hydrogens is 695 g/mol. The van der Waals surface area contributed by atoms with Gasteiger partial charge in [0.2, 0.25) is 0 Å². The number of nitriles is 1. The quantitative estimate of drug-likeness (QED) is 0.162. The fourth-order valence-corrected chi connectivity index (χ4v) is 5.17. The van der Waals surface area contributed by atoms with Gasteiger partial charge in [-0.3, -0.25) is 4.79 Å². The van der Waals surface area contributed by atoms with Crippen LogP contribution in [0.1, 0.15) is 16.7 Å². The van der Waals surface area contributed by atoms with Crippen LogP contribution < -0.4 is 10.1 Å². The van der Waals surface area contributed by atoms with Crippen molar-refractivity contribution in [2.24, 2.45) is 0 Å². The van der Waals surface area contributed by atoms with Crippen LogP contribution in [-0.2, 0) is 17.6 Å². The molecule has 0 aromatic heterocycles. The molecular formula is C24H14ClF3I2N2O2. The minimum Gasteiger partial charge on any atom is -0.487 e. The summed E-state index contributed by atoms with van der Waals surface area (Å²) >= 11 is 10.3. The highest BCUT2D eigenvalue weighted by atomic mass is 127. The van der Waals surface area contributed by atoms with Crippen molar-refractivity contribution < 1.29 is 22.7 Å². The zero-order valence-corrected chi connectivity index (χ0v) is 22.2. The summed E-state index contributed by atoms with van der Waals surface area (Å²) in [5.74, 6) is -0.184. The van der Waals surface area contributed by atoms with E-state index in [0.717, 1.165) is 24.8 Å². The monoisotopic (exact) mass is 708 g/mol. The Morgan fingerprint density at radius 2 is 1.76 bits per heavy atom. The Kier molecular flexibility index (Phi) is 8.83. The molecule has 0 atom stereocenters. The van der Waals surface area contributed by atoms with E-state index < -0.39 is 17.6 Å². The predicted octanol–water partition coefficient (Wildman–Crippen LogP) is 7.69. The summed E-state index contributed by atoms with van der Waals surface area (Å²) in [6.07, 6.45) is -3.18. The van der Waals surface area contributed by atoms with Crippen molar-refractivity contribution in [1.82, 2.24) is 0 Å². The molecule has 0 saturated heterocycles. The number of amides is 1. The van der Waals surface area contributed by atoms with E-state index >= 15 is 0 Å². The second-order valence-corrected chi connectivity index (χ2v) is 9.63. The molecule has 0 unspecified atom stereocenters. The summed E-state index contributed by atoms with van der Waals surface area (Å²) in [5.41, 5.74) is 0.180. The van der Waals surface area contributed by atoms with Gasteiger partial charge in [-0.25, -0.2) is 0 Å². The number of nitrogens with one attached hydrogen (secondary N) is 1. The molecule has 1 N–H and O–H groups in total. The van der Waals surface area contributed by atoms with Gasteiger partial charge in [-0.05, 0) is 93.2 Å². The first-order valence-electron chi connectivity index (χ1n) is 9.54. The van der Waals surface area contributed by atoms with Crippen molar-refractivity contribution in [2.75, 3.05) is 5.32 Å². The van der Waals surface area contributed by atoms with Crippen molar-refractivity contribution in [2.45, 2.75) is 12.8 Å². The molecule has 3 aromatic rings. The number of ether oxygens (including phenoxy) is 1. The molecule has 0 aliphatic carbocycles. The van der Waals surface area contributed by atoms with Crippen molar-refractivity contribution in [1.29, 1.82) is 5.26 Å². The molecule has 0 fully saturated rings. The van der Waals surface area contributed by atoms with E-state index in [0.29, 0.717) is 16.3 Å². The summed E-state index contributed by atoms with van der Waals surface area (Å²) in [4.78, 5) is 12.5. The molecule has 0 heterocycles. The number of benzene rings is 3. The Morgan fingerprint density at radius 3 is 2.38 bits per heavy atom. The second-order valence-electron chi connectivity index (χ2n) is 6.90. The van der Waals surface area contributed by atoms with Gasteiger partial charge in [-0.15, -0.1) is 0 Å². The molecule has 0 bridgehead atoms. The molecule has 4 nitrogen and oxygen atoms in total. The van der Waals surface area contributed by atoms with Gasteiger partial charge in [0.1, 0.15) is 24.0 Å². The number of carbonyl (C=O) groups is 1. The van der Waals surface area contributed by atoms with Crippen molar-refractivity contribution in [3.63, 3.8) is 0 Å². The maximum absolute atomic E-state index is 12.9. The molecule has 10 heteroatoms. The van der Waals surface area contributed by atoms with Gasteiger partial charge in [-0.1, -0.05) is 35.9 Å². The number of hydrogen-bond donors (Lipinski definition) is 1. The number of rotatable bonds is 6. The SMILES string of the molecule is N#C/C(=C/c1cc(I)c(OCc2ccccc2Cl)c(I)c1)C(=O)Nc1cccc(C(F)(F)F)c1. The Labute approximate surface area is 226 Å². The van der Waals surface area contributed by atoms with Gasteiger partial charge in [0.05, 0.1) is 12.7 Å². The molecule has 3 aromatic carbocycles. The van der Waals surface area contributed by atoms with Crippen LogP contribution in [-0.4, -0.2) is 5.91 Å². The van der Waals surface area contributed by atoms with Crippen LogP contribution in [0.25, 0.3) is 6.08 Å². The largest absolute Gasteiger partial charge is 0.487 e. The van der Waals surface area contributed by atoms with Crippen LogP contribution in [0.15, 0.2) is 66.2 Å². The lowest BCUT2D eigenvalue weighted by Gasteiger charge is -2.12. The zero-order chi connectivity index (χ0) is 24.9. The van der Waals surface area contributed by atoms with Crippen molar-refractivity contribution in [3.8, 4) is 11.8 Å². The maximum atomic E-state index is 12.9. The Hall–Kier alpha value is -2.30. The van der Waals surface area contributed by atoms with Crippen molar-refractivity contribution >= 4 is 74.5 Å². The van der Waals surface area contributed by atoms with Crippen LogP contribution in [0.4, 0.5) is 18.9 Å². The van der Waals surface area contributed by atoms with Crippen molar-refractivity contribution in [3.05, 3.63) is 95.1 Å². The van der Waals surface area contributed by atoms with Gasteiger partial charge in [-0.2, -0.15) is 18.4 Å². The Balaban J connectivity index is 1.79. The number of nitrogens with zero attached hydrogens (tertiary/aromatic N) is 1. The lowest BCUT2D eigenvalue weighted by atomic mass is 10.1. The van der Waals surface area contributed by atoms with Crippen LogP contribution in [0.3, 0.4) is 0 Å². The third-order valence-electron chi connectivity index (χ3n) is 4.47. The first-order valence-corrected chi connectivity index (χ1v) is 12.1. The minimum absolute atomic E-state index is 0.0616. The van der Waals surface area contributed by atoms with Crippen LogP contribution in [0.5, 0.6) is 5.75 Å². The van der Waals surface area contributed by atoms with Crippen LogP contribution in [0, 0.1) is 18.5 Å². The van der Waals surface area contributed by atoms with Crippen LogP contribution in [0.2, 0.25) is 5.02 Å². The van der Waals surface area contributed by atoms with E-state index in [1.54, 1.807) is 24.3 Å². The molecule has 0 radical (unpaired) electrons. The highest BCUT2D eigenvalue weighted by molar-refractivity contribution is 14.1. The van der Waals surface area contributed by atoms with Gasteiger partial charge in [0.25, 0.3) is 5.91 Å². The Morgan fingerprint density at radius 1 is 1.09 bits per heavy atom. The third kappa shape index (κ3) is 6.86. The Bertz CT molecular complexity index is 1280. The van der Waals surface area contributed by atoms with Crippen LogP contribution >= 0.6 is 56.8 Å². The predicted molar refractivity (Wildman–Crippen MR) is 141 cm³/mol. The molecule has 0 aliphatic heterocycles. The fraction of sp³-hybridized carbons (Fsp3) is 0.0833. The van der Waals surface area contributed by atoms with E-state index in [9.17, 15) is 23.2 Å². The summed E-state index contributed by atoms with van der Waals surface area (Å²) in [5, 5.41) is 12.4. The molecule has 0 saturated carbocycles. The van der Waals surface area contributed by atoms with E-state index in [1.165, 1.54) is 18.2 Å². The smallest absolute Gasteiger partial charge is 0.416 e. The zero-order valence-electron chi connectivity index (χ0n) is 17.1. The highest BCUT2D eigenvalue weighted by Crippen LogP contribution is 2.32. The highest BCUT2D eigenvalue weighted by Gasteiger charge is 2.30. The molecule has 174 valence electrons. The van der Waals surface area contributed by atoms with Gasteiger partial charge < -0.3 is 10.1 Å². The maximum Gasteiger partial charge on any atom is 0.416 e. The lowest BCUT2D eigenvalue weighted by Crippen LogP contribution is -2.14. The number of alkyl halides is 3. The number of hydrogen-bond acceptors (Lipinski definition) is 3. The first kappa shape index (κ1) is 26.3.